The van der Waals surface area contributed by atoms with E-state index in [1.807, 2.05) is 0 Å². The second-order valence-electron chi connectivity index (χ2n) is 5.55. The third-order valence-corrected chi connectivity index (χ3v) is 2.54. The number of hydrogen-bond acceptors (Lipinski definition) is 4. The van der Waals surface area contributed by atoms with Gasteiger partial charge in [0, 0.05) is 18.2 Å². The average Bonchev–Trinajstić information content (AvgIpc) is 2.34. The van der Waals surface area contributed by atoms with Gasteiger partial charge < -0.3 is 14.6 Å². The minimum Gasteiger partial charge on any atom is -0.496 e. The molecule has 1 amide bonds. The lowest BCUT2D eigenvalue weighted by Crippen LogP contribution is -2.27. The molecule has 0 spiro atoms. The molecule has 0 heterocycles. The number of carbonyl (C=O) groups excluding carboxylic acids is 1. The molecular formula is C15H21NO5. The molecule has 6 nitrogen and oxygen atoms in total. The van der Waals surface area contributed by atoms with Crippen LogP contribution in [0.25, 0.3) is 0 Å². The lowest BCUT2D eigenvalue weighted by Gasteiger charge is -2.20. The van der Waals surface area contributed by atoms with Crippen molar-refractivity contribution in [1.82, 2.24) is 0 Å². The van der Waals surface area contributed by atoms with E-state index in [0.717, 1.165) is 5.56 Å². The van der Waals surface area contributed by atoms with E-state index in [1.54, 1.807) is 39.0 Å². The molecule has 0 aromatic heterocycles. The molecule has 0 fully saturated rings. The molecule has 0 aliphatic rings. The summed E-state index contributed by atoms with van der Waals surface area (Å²) in [7, 11) is 1.50. The van der Waals surface area contributed by atoms with Crippen LogP contribution in [-0.2, 0) is 16.0 Å². The Hall–Kier alpha value is -2.24. The van der Waals surface area contributed by atoms with Crippen molar-refractivity contribution in [2.45, 2.75) is 39.2 Å². The van der Waals surface area contributed by atoms with Gasteiger partial charge in [-0.25, -0.2) is 4.79 Å². The molecule has 0 saturated carbocycles. The smallest absolute Gasteiger partial charge is 0.412 e. The number of aryl methyl sites for hydroxylation is 1. The lowest BCUT2D eigenvalue weighted by atomic mass is 10.1. The van der Waals surface area contributed by atoms with Gasteiger partial charge >= 0.3 is 12.1 Å². The molecule has 0 atom stereocenters. The van der Waals surface area contributed by atoms with Crippen LogP contribution in [0, 0.1) is 0 Å². The molecule has 21 heavy (non-hydrogen) atoms. The van der Waals surface area contributed by atoms with Gasteiger partial charge in [0.2, 0.25) is 0 Å². The van der Waals surface area contributed by atoms with E-state index in [-0.39, 0.29) is 6.42 Å². The number of benzene rings is 1. The topological polar surface area (TPSA) is 84.9 Å². The van der Waals surface area contributed by atoms with Crippen molar-refractivity contribution in [2.24, 2.45) is 0 Å². The molecule has 1 rings (SSSR count). The molecule has 0 saturated heterocycles. The van der Waals surface area contributed by atoms with Crippen LogP contribution >= 0.6 is 0 Å². The predicted molar refractivity (Wildman–Crippen MR) is 78.8 cm³/mol. The number of ether oxygens (including phenoxy) is 2. The lowest BCUT2D eigenvalue weighted by molar-refractivity contribution is -0.136. The van der Waals surface area contributed by atoms with Crippen LogP contribution in [0.15, 0.2) is 18.2 Å². The highest BCUT2D eigenvalue weighted by atomic mass is 16.6. The minimum atomic E-state index is -0.868. The van der Waals surface area contributed by atoms with E-state index < -0.39 is 17.7 Å². The van der Waals surface area contributed by atoms with Crippen molar-refractivity contribution < 1.29 is 24.2 Å². The number of rotatable bonds is 5. The van der Waals surface area contributed by atoms with Gasteiger partial charge in [0.1, 0.15) is 11.4 Å². The summed E-state index contributed by atoms with van der Waals surface area (Å²) in [6, 6.07) is 5.05. The molecule has 1 aromatic rings. The Balaban J connectivity index is 2.77. The van der Waals surface area contributed by atoms with Crippen molar-refractivity contribution in [1.29, 1.82) is 0 Å². The monoisotopic (exact) mass is 295 g/mol. The highest BCUT2D eigenvalue weighted by Gasteiger charge is 2.16. The molecule has 0 aliphatic heterocycles. The van der Waals surface area contributed by atoms with Crippen molar-refractivity contribution in [2.75, 3.05) is 12.4 Å². The third-order valence-electron chi connectivity index (χ3n) is 2.54. The van der Waals surface area contributed by atoms with Crippen LogP contribution in [0.2, 0.25) is 0 Å². The third kappa shape index (κ3) is 6.16. The number of hydrogen-bond donors (Lipinski definition) is 2. The zero-order chi connectivity index (χ0) is 16.0. The first-order valence-corrected chi connectivity index (χ1v) is 6.60. The molecule has 6 heteroatoms. The largest absolute Gasteiger partial charge is 0.496 e. The summed E-state index contributed by atoms with van der Waals surface area (Å²) in [5, 5.41) is 11.3. The summed E-state index contributed by atoms with van der Waals surface area (Å²) in [6.07, 6.45) is -0.164. The Morgan fingerprint density at radius 1 is 1.29 bits per heavy atom. The number of aliphatic carboxylic acids is 1. The van der Waals surface area contributed by atoms with Gasteiger partial charge in [-0.15, -0.1) is 0 Å². The van der Waals surface area contributed by atoms with Crippen LogP contribution in [0.5, 0.6) is 5.75 Å². The Labute approximate surface area is 124 Å². The molecule has 0 aliphatic carbocycles. The van der Waals surface area contributed by atoms with E-state index in [0.29, 0.717) is 17.9 Å². The first kappa shape index (κ1) is 16.8. The second-order valence-corrected chi connectivity index (χ2v) is 5.55. The fourth-order valence-electron chi connectivity index (χ4n) is 1.69. The maximum Gasteiger partial charge on any atom is 0.412 e. The van der Waals surface area contributed by atoms with E-state index in [1.165, 1.54) is 7.11 Å². The first-order valence-electron chi connectivity index (χ1n) is 6.60. The predicted octanol–water partition coefficient (Wildman–Crippen LogP) is 3.06. The van der Waals surface area contributed by atoms with Crippen LogP contribution in [-0.4, -0.2) is 29.9 Å². The van der Waals surface area contributed by atoms with Gasteiger partial charge in [-0.2, -0.15) is 0 Å². The van der Waals surface area contributed by atoms with Gasteiger partial charge in [0.25, 0.3) is 0 Å². The summed E-state index contributed by atoms with van der Waals surface area (Å²) in [5.41, 5.74) is 0.727. The van der Waals surface area contributed by atoms with Crippen LogP contribution in [0.4, 0.5) is 10.5 Å². The van der Waals surface area contributed by atoms with Gasteiger partial charge in [-0.3, -0.25) is 10.1 Å². The highest BCUT2D eigenvalue weighted by molar-refractivity contribution is 5.85. The van der Waals surface area contributed by atoms with Crippen molar-refractivity contribution in [3.8, 4) is 5.75 Å². The molecule has 2 N–H and O–H groups in total. The van der Waals surface area contributed by atoms with E-state index in [9.17, 15) is 9.59 Å². The number of nitrogens with one attached hydrogen (secondary N) is 1. The number of carboxylic acids is 1. The standard InChI is InChI=1S/C15H21NO5/c1-15(2,3)21-14(19)16-11-7-5-10(6-8-13(17)18)12(9-11)20-4/h5,7,9H,6,8H2,1-4H3,(H,16,19)(H,17,18). The maximum absolute atomic E-state index is 11.7. The Bertz CT molecular complexity index is 519. The number of carbonyl (C=O) groups is 2. The van der Waals surface area contributed by atoms with Gasteiger partial charge in [0.15, 0.2) is 0 Å². The highest BCUT2D eigenvalue weighted by Crippen LogP contribution is 2.25. The van der Waals surface area contributed by atoms with Gasteiger partial charge in [-0.1, -0.05) is 6.07 Å². The molecular weight excluding hydrogens is 274 g/mol. The Morgan fingerprint density at radius 2 is 1.95 bits per heavy atom. The zero-order valence-electron chi connectivity index (χ0n) is 12.7. The minimum absolute atomic E-state index is 0.0230. The average molecular weight is 295 g/mol. The van der Waals surface area contributed by atoms with E-state index >= 15 is 0 Å². The molecule has 0 unspecified atom stereocenters. The summed E-state index contributed by atoms with van der Waals surface area (Å²) in [4.78, 5) is 22.3. The molecule has 0 bridgehead atoms. The van der Waals surface area contributed by atoms with Crippen molar-refractivity contribution in [3.63, 3.8) is 0 Å². The Kier molecular flexibility index (Phi) is 5.58. The maximum atomic E-state index is 11.7. The van der Waals surface area contributed by atoms with Crippen LogP contribution in [0.3, 0.4) is 0 Å². The van der Waals surface area contributed by atoms with E-state index in [4.69, 9.17) is 14.6 Å². The number of anilines is 1. The summed E-state index contributed by atoms with van der Waals surface area (Å²) >= 11 is 0. The Morgan fingerprint density at radius 3 is 2.48 bits per heavy atom. The fraction of sp³-hybridized carbons (Fsp3) is 0.467. The van der Waals surface area contributed by atoms with Crippen LogP contribution < -0.4 is 10.1 Å². The first-order chi connectivity index (χ1) is 9.71. The van der Waals surface area contributed by atoms with Crippen LogP contribution in [0.1, 0.15) is 32.8 Å². The number of amides is 1. The van der Waals surface area contributed by atoms with Gasteiger partial charge in [-0.05, 0) is 38.8 Å². The summed E-state index contributed by atoms with van der Waals surface area (Å²) in [6.45, 7) is 5.34. The fourth-order valence-corrected chi connectivity index (χ4v) is 1.69. The zero-order valence-corrected chi connectivity index (χ0v) is 12.7. The molecule has 0 radical (unpaired) electrons. The summed E-state index contributed by atoms with van der Waals surface area (Å²) < 4.78 is 10.4. The second kappa shape index (κ2) is 6.97. The number of methoxy groups -OCH3 is 1. The molecule has 1 aromatic carbocycles. The SMILES string of the molecule is COc1cc(NC(=O)OC(C)(C)C)ccc1CCC(=O)O. The molecule has 116 valence electrons. The van der Waals surface area contributed by atoms with Crippen molar-refractivity contribution in [3.05, 3.63) is 23.8 Å². The van der Waals surface area contributed by atoms with Crippen molar-refractivity contribution >= 4 is 17.7 Å². The quantitative estimate of drug-likeness (QED) is 0.872. The normalized spacial score (nSPS) is 10.9. The number of carboxylic acid groups (broad SMARTS) is 1. The summed E-state index contributed by atoms with van der Waals surface area (Å²) in [5.74, 6) is -0.335. The van der Waals surface area contributed by atoms with Gasteiger partial charge in [0.05, 0.1) is 7.11 Å². The van der Waals surface area contributed by atoms with E-state index in [2.05, 4.69) is 5.32 Å².